The highest BCUT2D eigenvalue weighted by Crippen LogP contribution is 2.38. The molecule has 1 aromatic rings. The van der Waals surface area contributed by atoms with Gasteiger partial charge in [-0.05, 0) is 24.1 Å². The average Bonchev–Trinajstić information content (AvgIpc) is 2.33. The second-order valence-electron chi connectivity index (χ2n) is 5.18. The van der Waals surface area contributed by atoms with Crippen molar-refractivity contribution in [2.75, 3.05) is 20.3 Å². The first-order valence-corrected chi connectivity index (χ1v) is 5.99. The van der Waals surface area contributed by atoms with Crippen LogP contribution < -0.4 is 4.74 Å². The van der Waals surface area contributed by atoms with E-state index in [-0.39, 0.29) is 5.41 Å². The summed E-state index contributed by atoms with van der Waals surface area (Å²) in [5.74, 6) is -0.612. The van der Waals surface area contributed by atoms with E-state index in [0.29, 0.717) is 25.4 Å². The zero-order valence-electron chi connectivity index (χ0n) is 10.7. The maximum Gasteiger partial charge on any atom is 0.310 e. The number of carboxylic acid groups (broad SMARTS) is 1. The van der Waals surface area contributed by atoms with Crippen LogP contribution in [0.1, 0.15) is 24.8 Å². The van der Waals surface area contributed by atoms with Gasteiger partial charge in [0.25, 0.3) is 0 Å². The Balaban J connectivity index is 2.20. The van der Waals surface area contributed by atoms with Gasteiger partial charge in [0.15, 0.2) is 0 Å². The van der Waals surface area contributed by atoms with Crippen LogP contribution in [-0.4, -0.2) is 31.4 Å². The number of methoxy groups -OCH3 is 1. The second kappa shape index (κ2) is 4.98. The van der Waals surface area contributed by atoms with E-state index in [1.807, 2.05) is 18.2 Å². The van der Waals surface area contributed by atoms with Crippen LogP contribution >= 0.6 is 0 Å². The van der Waals surface area contributed by atoms with Crippen LogP contribution in [0.3, 0.4) is 0 Å². The summed E-state index contributed by atoms with van der Waals surface area (Å²) >= 11 is 0. The Morgan fingerprint density at radius 2 is 2.28 bits per heavy atom. The van der Waals surface area contributed by atoms with E-state index in [1.165, 1.54) is 0 Å². The summed E-state index contributed by atoms with van der Waals surface area (Å²) in [5.41, 5.74) is 0.765. The molecule has 1 atom stereocenters. The smallest absolute Gasteiger partial charge is 0.310 e. The van der Waals surface area contributed by atoms with Gasteiger partial charge in [-0.25, -0.2) is 0 Å². The number of benzene rings is 1. The fourth-order valence-electron chi connectivity index (χ4n) is 2.27. The first-order valence-electron chi connectivity index (χ1n) is 5.99. The predicted octanol–water partition coefficient (Wildman–Crippen LogP) is 2.29. The molecule has 1 aliphatic heterocycles. The van der Waals surface area contributed by atoms with E-state index in [9.17, 15) is 9.90 Å². The van der Waals surface area contributed by atoms with Gasteiger partial charge in [-0.15, -0.1) is 0 Å². The van der Waals surface area contributed by atoms with Crippen LogP contribution in [0.25, 0.3) is 0 Å². The lowest BCUT2D eigenvalue weighted by Crippen LogP contribution is -2.41. The van der Waals surface area contributed by atoms with Crippen LogP contribution in [0, 0.1) is 5.41 Å². The Morgan fingerprint density at radius 3 is 2.78 bits per heavy atom. The van der Waals surface area contributed by atoms with Gasteiger partial charge in [-0.2, -0.15) is 0 Å². The van der Waals surface area contributed by atoms with Gasteiger partial charge in [-0.3, -0.25) is 4.79 Å². The number of hydrogen-bond acceptors (Lipinski definition) is 3. The SMILES string of the molecule is COc1cccc(C(CC2(C)COC2)C(=O)O)c1. The Bertz CT molecular complexity index is 437. The quantitative estimate of drug-likeness (QED) is 0.871. The van der Waals surface area contributed by atoms with Crippen molar-refractivity contribution in [3.63, 3.8) is 0 Å². The second-order valence-corrected chi connectivity index (χ2v) is 5.18. The fraction of sp³-hybridized carbons (Fsp3) is 0.500. The summed E-state index contributed by atoms with van der Waals surface area (Å²) in [7, 11) is 1.58. The minimum atomic E-state index is -0.795. The van der Waals surface area contributed by atoms with Crippen molar-refractivity contribution in [1.29, 1.82) is 0 Å². The zero-order valence-corrected chi connectivity index (χ0v) is 10.7. The van der Waals surface area contributed by atoms with E-state index >= 15 is 0 Å². The molecule has 1 saturated heterocycles. The molecule has 0 aromatic heterocycles. The van der Waals surface area contributed by atoms with E-state index < -0.39 is 11.9 Å². The van der Waals surface area contributed by atoms with Gasteiger partial charge in [0, 0.05) is 5.41 Å². The third kappa shape index (κ3) is 2.64. The summed E-state index contributed by atoms with van der Waals surface area (Å²) in [5, 5.41) is 9.39. The number of aliphatic carboxylic acids is 1. The van der Waals surface area contributed by atoms with E-state index in [2.05, 4.69) is 6.92 Å². The molecule has 1 aromatic carbocycles. The number of rotatable bonds is 5. The van der Waals surface area contributed by atoms with Crippen molar-refractivity contribution in [2.45, 2.75) is 19.3 Å². The number of ether oxygens (including phenoxy) is 2. The van der Waals surface area contributed by atoms with Crippen molar-refractivity contribution in [1.82, 2.24) is 0 Å². The number of carbonyl (C=O) groups is 1. The van der Waals surface area contributed by atoms with Crippen LogP contribution in [0.4, 0.5) is 0 Å². The van der Waals surface area contributed by atoms with Gasteiger partial charge in [0.1, 0.15) is 5.75 Å². The molecule has 1 unspecified atom stereocenters. The molecular formula is C14H18O4. The number of carboxylic acids is 1. The van der Waals surface area contributed by atoms with Crippen molar-refractivity contribution in [3.05, 3.63) is 29.8 Å². The first kappa shape index (κ1) is 12.9. The molecule has 18 heavy (non-hydrogen) atoms. The number of hydrogen-bond donors (Lipinski definition) is 1. The van der Waals surface area contributed by atoms with Gasteiger partial charge < -0.3 is 14.6 Å². The van der Waals surface area contributed by atoms with Gasteiger partial charge in [0.2, 0.25) is 0 Å². The van der Waals surface area contributed by atoms with Gasteiger partial charge >= 0.3 is 5.97 Å². The van der Waals surface area contributed by atoms with E-state index in [4.69, 9.17) is 9.47 Å². The van der Waals surface area contributed by atoms with E-state index in [1.54, 1.807) is 13.2 Å². The topological polar surface area (TPSA) is 55.8 Å². The Hall–Kier alpha value is -1.55. The molecule has 0 aliphatic carbocycles. The van der Waals surface area contributed by atoms with Crippen molar-refractivity contribution in [3.8, 4) is 5.75 Å². The zero-order chi connectivity index (χ0) is 13.2. The van der Waals surface area contributed by atoms with Crippen LogP contribution in [0.5, 0.6) is 5.75 Å². The molecule has 1 heterocycles. The average molecular weight is 250 g/mol. The molecule has 4 nitrogen and oxygen atoms in total. The molecule has 4 heteroatoms. The summed E-state index contributed by atoms with van der Waals surface area (Å²) in [6.45, 7) is 3.34. The summed E-state index contributed by atoms with van der Waals surface area (Å²) in [6.07, 6.45) is 0.593. The lowest BCUT2D eigenvalue weighted by Gasteiger charge is -2.39. The largest absolute Gasteiger partial charge is 0.497 e. The van der Waals surface area contributed by atoms with Gasteiger partial charge in [0.05, 0.1) is 26.2 Å². The lowest BCUT2D eigenvalue weighted by molar-refractivity contribution is -0.145. The third-order valence-corrected chi connectivity index (χ3v) is 3.39. The Kier molecular flexibility index (Phi) is 3.57. The first-order chi connectivity index (χ1) is 8.54. The molecule has 1 aliphatic rings. The molecule has 0 amide bonds. The standard InChI is InChI=1S/C14H18O4/c1-14(8-18-9-14)7-12(13(15)16)10-4-3-5-11(6-10)17-2/h3-6,12H,7-9H2,1-2H3,(H,15,16). The highest BCUT2D eigenvalue weighted by molar-refractivity contribution is 5.76. The summed E-state index contributed by atoms with van der Waals surface area (Å²) in [6, 6.07) is 7.27. The molecule has 1 N–H and O–H groups in total. The summed E-state index contributed by atoms with van der Waals surface area (Å²) in [4.78, 5) is 11.4. The van der Waals surface area contributed by atoms with E-state index in [0.717, 1.165) is 5.56 Å². The van der Waals surface area contributed by atoms with Crippen molar-refractivity contribution >= 4 is 5.97 Å². The summed E-state index contributed by atoms with van der Waals surface area (Å²) < 4.78 is 10.3. The van der Waals surface area contributed by atoms with Crippen LogP contribution in [-0.2, 0) is 9.53 Å². The Morgan fingerprint density at radius 1 is 1.56 bits per heavy atom. The fourth-order valence-corrected chi connectivity index (χ4v) is 2.27. The highest BCUT2D eigenvalue weighted by Gasteiger charge is 2.38. The minimum absolute atomic E-state index is 0.0217. The van der Waals surface area contributed by atoms with Crippen LogP contribution in [0.2, 0.25) is 0 Å². The Labute approximate surface area is 107 Å². The molecular weight excluding hydrogens is 232 g/mol. The molecule has 2 rings (SSSR count). The van der Waals surface area contributed by atoms with Crippen LogP contribution in [0.15, 0.2) is 24.3 Å². The molecule has 0 saturated carbocycles. The molecule has 1 fully saturated rings. The maximum atomic E-state index is 11.4. The molecule has 0 radical (unpaired) electrons. The molecule has 0 spiro atoms. The maximum absolute atomic E-state index is 11.4. The lowest BCUT2D eigenvalue weighted by atomic mass is 9.77. The predicted molar refractivity (Wildman–Crippen MR) is 66.9 cm³/mol. The van der Waals surface area contributed by atoms with Gasteiger partial charge in [-0.1, -0.05) is 19.1 Å². The third-order valence-electron chi connectivity index (χ3n) is 3.39. The normalized spacial score (nSPS) is 18.8. The molecule has 98 valence electrons. The highest BCUT2D eigenvalue weighted by atomic mass is 16.5. The monoisotopic (exact) mass is 250 g/mol. The minimum Gasteiger partial charge on any atom is -0.497 e. The molecule has 0 bridgehead atoms. The van der Waals surface area contributed by atoms with Crippen molar-refractivity contribution < 1.29 is 19.4 Å². The van der Waals surface area contributed by atoms with Crippen molar-refractivity contribution in [2.24, 2.45) is 5.41 Å².